The Bertz CT molecular complexity index is 684. The van der Waals surface area contributed by atoms with Gasteiger partial charge >= 0.3 is 0 Å². The first-order valence-corrected chi connectivity index (χ1v) is 10.6. The monoisotopic (exact) mass is 367 g/mol. The second-order valence-corrected chi connectivity index (χ2v) is 7.86. The van der Waals surface area contributed by atoms with Crippen LogP contribution in [0.15, 0.2) is 43.0 Å². The number of likely N-dealkylation sites (N-methyl/N-ethyl adjacent to an activating group) is 1. The van der Waals surface area contributed by atoms with Crippen molar-refractivity contribution in [2.75, 3.05) is 44.2 Å². The number of nitrogens with zero attached hydrogens (tertiary/aromatic N) is 5. The number of rotatable bonds is 6. The van der Waals surface area contributed by atoms with E-state index >= 15 is 0 Å². The lowest BCUT2D eigenvalue weighted by molar-refractivity contribution is 0.171. The zero-order chi connectivity index (χ0) is 18.6. The summed E-state index contributed by atoms with van der Waals surface area (Å²) in [6.07, 6.45) is 9.58. The van der Waals surface area contributed by atoms with Crippen molar-refractivity contribution in [1.82, 2.24) is 19.4 Å². The van der Waals surface area contributed by atoms with Gasteiger partial charge in [-0.2, -0.15) is 0 Å². The minimum atomic E-state index is 0.770. The van der Waals surface area contributed by atoms with Gasteiger partial charge in [-0.05, 0) is 56.6 Å². The highest BCUT2D eigenvalue weighted by molar-refractivity contribution is 5.51. The number of piperidine rings is 1. The average molecular weight is 368 g/mol. The molecule has 4 rings (SSSR count). The van der Waals surface area contributed by atoms with Crippen LogP contribution in [0.3, 0.4) is 0 Å². The van der Waals surface area contributed by atoms with Gasteiger partial charge in [0.1, 0.15) is 0 Å². The number of benzene rings is 1. The third-order valence-corrected chi connectivity index (χ3v) is 6.52. The number of imidazole rings is 1. The summed E-state index contributed by atoms with van der Waals surface area (Å²) >= 11 is 0. The number of hydrogen-bond acceptors (Lipinski definition) is 4. The molecule has 2 saturated heterocycles. The van der Waals surface area contributed by atoms with E-state index in [-0.39, 0.29) is 0 Å². The Labute approximate surface area is 163 Å². The number of hydrogen-bond donors (Lipinski definition) is 0. The normalized spacial score (nSPS) is 22.0. The van der Waals surface area contributed by atoms with E-state index in [1.807, 2.05) is 18.7 Å². The minimum Gasteiger partial charge on any atom is -0.371 e. The summed E-state index contributed by atoms with van der Waals surface area (Å²) in [5.74, 6) is 0. The maximum atomic E-state index is 4.13. The highest BCUT2D eigenvalue weighted by atomic mass is 15.3. The van der Waals surface area contributed by atoms with Crippen LogP contribution in [-0.2, 0) is 0 Å². The molecule has 1 atom stereocenters. The Kier molecular flexibility index (Phi) is 5.79. The van der Waals surface area contributed by atoms with Crippen molar-refractivity contribution < 1.29 is 0 Å². The standard InChI is InChI=1S/C22H33N5/c1-3-24(4-2)22-11-15-26(17-22)21-9-13-25(14-10-21)19-5-7-20(8-6-19)27-16-12-23-18-27/h5-8,12,16,18,21-22H,3-4,9-11,13-15,17H2,1-2H3/t22-/m1/s1. The second kappa shape index (κ2) is 8.44. The maximum Gasteiger partial charge on any atom is 0.0991 e. The van der Waals surface area contributed by atoms with Crippen molar-refractivity contribution in [3.05, 3.63) is 43.0 Å². The summed E-state index contributed by atoms with van der Waals surface area (Å²) in [5, 5.41) is 0. The van der Waals surface area contributed by atoms with E-state index in [4.69, 9.17) is 0 Å². The SMILES string of the molecule is CCN(CC)[C@@H]1CCN(C2CCN(c3ccc(-n4ccnc4)cc3)CC2)C1. The van der Waals surface area contributed by atoms with Crippen LogP contribution in [0.4, 0.5) is 5.69 Å². The fraction of sp³-hybridized carbons (Fsp3) is 0.591. The van der Waals surface area contributed by atoms with Gasteiger partial charge in [-0.15, -0.1) is 0 Å². The molecule has 146 valence electrons. The van der Waals surface area contributed by atoms with Gasteiger partial charge in [-0.1, -0.05) is 13.8 Å². The molecule has 2 fully saturated rings. The molecule has 5 nitrogen and oxygen atoms in total. The van der Waals surface area contributed by atoms with Gasteiger partial charge in [0, 0.05) is 62.0 Å². The molecule has 0 aliphatic carbocycles. The molecule has 3 heterocycles. The van der Waals surface area contributed by atoms with Crippen molar-refractivity contribution in [1.29, 1.82) is 0 Å². The highest BCUT2D eigenvalue weighted by Gasteiger charge is 2.32. The molecule has 0 amide bonds. The first-order valence-electron chi connectivity index (χ1n) is 10.6. The molecule has 0 unspecified atom stereocenters. The molecular weight excluding hydrogens is 334 g/mol. The first-order chi connectivity index (χ1) is 13.3. The van der Waals surface area contributed by atoms with E-state index in [0.29, 0.717) is 0 Å². The van der Waals surface area contributed by atoms with Crippen LogP contribution in [0.2, 0.25) is 0 Å². The van der Waals surface area contributed by atoms with Gasteiger partial charge < -0.3 is 9.47 Å². The lowest BCUT2D eigenvalue weighted by atomic mass is 10.0. The largest absolute Gasteiger partial charge is 0.371 e. The van der Waals surface area contributed by atoms with E-state index in [9.17, 15) is 0 Å². The molecular formula is C22H33N5. The smallest absolute Gasteiger partial charge is 0.0991 e. The van der Waals surface area contributed by atoms with Crippen LogP contribution < -0.4 is 4.90 Å². The zero-order valence-electron chi connectivity index (χ0n) is 16.8. The molecule has 0 saturated carbocycles. The molecule has 5 heteroatoms. The molecule has 1 aromatic carbocycles. The maximum absolute atomic E-state index is 4.13. The summed E-state index contributed by atoms with van der Waals surface area (Å²) in [4.78, 5) is 12.1. The Morgan fingerprint density at radius 1 is 0.963 bits per heavy atom. The Balaban J connectivity index is 1.30. The third-order valence-electron chi connectivity index (χ3n) is 6.52. The molecule has 0 radical (unpaired) electrons. The summed E-state index contributed by atoms with van der Waals surface area (Å²) in [6, 6.07) is 10.4. The van der Waals surface area contributed by atoms with Crippen molar-refractivity contribution in [2.45, 2.75) is 45.2 Å². The Morgan fingerprint density at radius 3 is 2.30 bits per heavy atom. The molecule has 0 bridgehead atoms. The molecule has 0 spiro atoms. The summed E-state index contributed by atoms with van der Waals surface area (Å²) in [5.41, 5.74) is 2.52. The summed E-state index contributed by atoms with van der Waals surface area (Å²) in [6.45, 7) is 11.8. The summed E-state index contributed by atoms with van der Waals surface area (Å²) in [7, 11) is 0. The third kappa shape index (κ3) is 4.04. The van der Waals surface area contributed by atoms with Crippen molar-refractivity contribution in [3.8, 4) is 5.69 Å². The highest BCUT2D eigenvalue weighted by Crippen LogP contribution is 2.27. The first kappa shape index (κ1) is 18.5. The van der Waals surface area contributed by atoms with Crippen LogP contribution in [0.5, 0.6) is 0 Å². The molecule has 2 aromatic rings. The number of aromatic nitrogens is 2. The molecule has 1 aromatic heterocycles. The molecule has 2 aliphatic heterocycles. The quantitative estimate of drug-likeness (QED) is 0.783. The van der Waals surface area contributed by atoms with Gasteiger partial charge in [0.05, 0.1) is 6.33 Å². The van der Waals surface area contributed by atoms with E-state index in [2.05, 4.69) is 62.4 Å². The second-order valence-electron chi connectivity index (χ2n) is 7.86. The van der Waals surface area contributed by atoms with E-state index in [1.54, 1.807) is 0 Å². The lowest BCUT2D eigenvalue weighted by Crippen LogP contribution is -2.45. The van der Waals surface area contributed by atoms with E-state index < -0.39 is 0 Å². The van der Waals surface area contributed by atoms with Crippen LogP contribution in [-0.4, -0.2) is 70.7 Å². The van der Waals surface area contributed by atoms with Crippen molar-refractivity contribution >= 4 is 5.69 Å². The molecule has 2 aliphatic rings. The van der Waals surface area contributed by atoms with E-state index in [1.165, 1.54) is 69.9 Å². The van der Waals surface area contributed by atoms with Gasteiger partial charge in [0.25, 0.3) is 0 Å². The molecule has 0 N–H and O–H groups in total. The summed E-state index contributed by atoms with van der Waals surface area (Å²) < 4.78 is 2.05. The fourth-order valence-electron chi connectivity index (χ4n) is 4.87. The van der Waals surface area contributed by atoms with Crippen LogP contribution in [0.1, 0.15) is 33.1 Å². The van der Waals surface area contributed by atoms with Gasteiger partial charge in [-0.3, -0.25) is 9.80 Å². The van der Waals surface area contributed by atoms with Gasteiger partial charge in [-0.25, -0.2) is 4.98 Å². The molecule has 27 heavy (non-hydrogen) atoms. The average Bonchev–Trinajstić information content (AvgIpc) is 3.42. The van der Waals surface area contributed by atoms with E-state index in [0.717, 1.165) is 12.1 Å². The predicted molar refractivity (Wildman–Crippen MR) is 112 cm³/mol. The number of anilines is 1. The Hall–Kier alpha value is -1.85. The zero-order valence-corrected chi connectivity index (χ0v) is 16.8. The Morgan fingerprint density at radius 2 is 1.67 bits per heavy atom. The predicted octanol–water partition coefficient (Wildman–Crippen LogP) is 3.26. The van der Waals surface area contributed by atoms with Crippen LogP contribution >= 0.6 is 0 Å². The topological polar surface area (TPSA) is 27.5 Å². The number of likely N-dealkylation sites (tertiary alicyclic amines) is 1. The van der Waals surface area contributed by atoms with Gasteiger partial charge in [0.15, 0.2) is 0 Å². The van der Waals surface area contributed by atoms with Crippen molar-refractivity contribution in [3.63, 3.8) is 0 Å². The van der Waals surface area contributed by atoms with Crippen LogP contribution in [0.25, 0.3) is 5.69 Å². The van der Waals surface area contributed by atoms with Crippen molar-refractivity contribution in [2.24, 2.45) is 0 Å². The fourth-order valence-corrected chi connectivity index (χ4v) is 4.87. The minimum absolute atomic E-state index is 0.770. The van der Waals surface area contributed by atoms with Gasteiger partial charge in [0.2, 0.25) is 0 Å². The van der Waals surface area contributed by atoms with Crippen LogP contribution in [0, 0.1) is 0 Å². The lowest BCUT2D eigenvalue weighted by Gasteiger charge is -2.38.